The SMILES string of the molecule is COCC1CC=CC(C(=O)N(C)C)C1. The van der Waals surface area contributed by atoms with Gasteiger partial charge in [0, 0.05) is 27.8 Å². The molecule has 0 spiro atoms. The van der Waals surface area contributed by atoms with E-state index in [0.717, 1.165) is 19.4 Å². The summed E-state index contributed by atoms with van der Waals surface area (Å²) in [5.74, 6) is 0.750. The lowest BCUT2D eigenvalue weighted by Gasteiger charge is -2.25. The Morgan fingerprint density at radius 1 is 1.57 bits per heavy atom. The zero-order valence-corrected chi connectivity index (χ0v) is 9.19. The first-order valence-electron chi connectivity index (χ1n) is 5.02. The maximum atomic E-state index is 11.7. The van der Waals surface area contributed by atoms with Gasteiger partial charge in [0.1, 0.15) is 0 Å². The molecule has 0 heterocycles. The summed E-state index contributed by atoms with van der Waals surface area (Å²) in [6, 6.07) is 0. The molecule has 0 N–H and O–H groups in total. The summed E-state index contributed by atoms with van der Waals surface area (Å²) in [6.45, 7) is 0.752. The van der Waals surface area contributed by atoms with E-state index in [4.69, 9.17) is 4.74 Å². The fraction of sp³-hybridized carbons (Fsp3) is 0.727. The molecular formula is C11H19NO2. The van der Waals surface area contributed by atoms with Gasteiger partial charge in [-0.15, -0.1) is 0 Å². The average molecular weight is 197 g/mol. The van der Waals surface area contributed by atoms with Gasteiger partial charge >= 0.3 is 0 Å². The summed E-state index contributed by atoms with van der Waals surface area (Å²) in [5, 5.41) is 0. The molecule has 3 heteroatoms. The Balaban J connectivity index is 2.52. The maximum Gasteiger partial charge on any atom is 0.228 e. The third-order valence-corrected chi connectivity index (χ3v) is 2.59. The lowest BCUT2D eigenvalue weighted by Crippen LogP contribution is -2.31. The van der Waals surface area contributed by atoms with Crippen molar-refractivity contribution in [1.82, 2.24) is 4.90 Å². The minimum absolute atomic E-state index is 0.0545. The second-order valence-electron chi connectivity index (χ2n) is 4.06. The van der Waals surface area contributed by atoms with E-state index >= 15 is 0 Å². The molecule has 0 saturated carbocycles. The lowest BCUT2D eigenvalue weighted by atomic mass is 9.86. The van der Waals surface area contributed by atoms with Crippen LogP contribution in [0.1, 0.15) is 12.8 Å². The van der Waals surface area contributed by atoms with E-state index in [1.807, 2.05) is 6.08 Å². The van der Waals surface area contributed by atoms with Gasteiger partial charge in [0.05, 0.1) is 5.92 Å². The van der Waals surface area contributed by atoms with Crippen molar-refractivity contribution >= 4 is 5.91 Å². The Morgan fingerprint density at radius 2 is 2.29 bits per heavy atom. The number of rotatable bonds is 3. The molecule has 1 aliphatic carbocycles. The van der Waals surface area contributed by atoms with Crippen LogP contribution in [0.2, 0.25) is 0 Å². The summed E-state index contributed by atoms with van der Waals surface area (Å²) in [4.78, 5) is 13.3. The lowest BCUT2D eigenvalue weighted by molar-refractivity contribution is -0.132. The standard InChI is InChI=1S/C11H19NO2/c1-12(2)11(13)10-6-4-5-9(7-10)8-14-3/h4,6,9-10H,5,7-8H2,1-3H3. The topological polar surface area (TPSA) is 29.5 Å². The number of allylic oxidation sites excluding steroid dienone is 1. The molecular weight excluding hydrogens is 178 g/mol. The van der Waals surface area contributed by atoms with Crippen molar-refractivity contribution in [2.75, 3.05) is 27.8 Å². The molecule has 1 aliphatic rings. The molecule has 0 aliphatic heterocycles. The quantitative estimate of drug-likeness (QED) is 0.638. The fourth-order valence-corrected chi connectivity index (χ4v) is 1.86. The Bertz CT molecular complexity index is 223. The largest absolute Gasteiger partial charge is 0.384 e. The molecule has 0 aromatic carbocycles. The number of hydrogen-bond donors (Lipinski definition) is 0. The van der Waals surface area contributed by atoms with Crippen LogP contribution >= 0.6 is 0 Å². The van der Waals surface area contributed by atoms with E-state index in [2.05, 4.69) is 6.08 Å². The Hall–Kier alpha value is -0.830. The van der Waals surface area contributed by atoms with E-state index in [1.165, 1.54) is 0 Å². The molecule has 0 aromatic heterocycles. The first kappa shape index (κ1) is 11.2. The van der Waals surface area contributed by atoms with Crippen LogP contribution in [0.5, 0.6) is 0 Å². The third kappa shape index (κ3) is 2.84. The Morgan fingerprint density at radius 3 is 2.86 bits per heavy atom. The molecule has 80 valence electrons. The summed E-state index contributed by atoms with van der Waals surface area (Å²) in [5.41, 5.74) is 0. The van der Waals surface area contributed by atoms with Crippen LogP contribution in [0.3, 0.4) is 0 Å². The van der Waals surface area contributed by atoms with Crippen molar-refractivity contribution in [1.29, 1.82) is 0 Å². The van der Waals surface area contributed by atoms with E-state index in [-0.39, 0.29) is 11.8 Å². The van der Waals surface area contributed by atoms with Gasteiger partial charge in [-0.3, -0.25) is 4.79 Å². The zero-order valence-electron chi connectivity index (χ0n) is 9.19. The second-order valence-corrected chi connectivity index (χ2v) is 4.06. The van der Waals surface area contributed by atoms with E-state index in [9.17, 15) is 4.79 Å². The molecule has 2 atom stereocenters. The third-order valence-electron chi connectivity index (χ3n) is 2.59. The van der Waals surface area contributed by atoms with Crippen molar-refractivity contribution in [3.05, 3.63) is 12.2 Å². The summed E-state index contributed by atoms with van der Waals surface area (Å²) in [7, 11) is 5.31. The van der Waals surface area contributed by atoms with Crippen LogP contribution in [0.15, 0.2) is 12.2 Å². The van der Waals surface area contributed by atoms with E-state index in [1.54, 1.807) is 26.1 Å². The van der Waals surface area contributed by atoms with Crippen molar-refractivity contribution < 1.29 is 9.53 Å². The molecule has 0 fully saturated rings. The van der Waals surface area contributed by atoms with Gasteiger partial charge in [-0.05, 0) is 18.8 Å². The highest BCUT2D eigenvalue weighted by Gasteiger charge is 2.24. The van der Waals surface area contributed by atoms with Gasteiger partial charge in [0.2, 0.25) is 5.91 Å². The van der Waals surface area contributed by atoms with Crippen molar-refractivity contribution in [2.45, 2.75) is 12.8 Å². The molecule has 2 unspecified atom stereocenters. The summed E-state index contributed by atoms with van der Waals surface area (Å²) >= 11 is 0. The van der Waals surface area contributed by atoms with Gasteiger partial charge < -0.3 is 9.64 Å². The molecule has 0 radical (unpaired) electrons. The second kappa shape index (κ2) is 5.15. The Labute approximate surface area is 85.7 Å². The predicted octanol–water partition coefficient (Wildman–Crippen LogP) is 1.30. The van der Waals surface area contributed by atoms with Crippen molar-refractivity contribution in [2.24, 2.45) is 11.8 Å². The normalized spacial score (nSPS) is 26.2. The molecule has 3 nitrogen and oxygen atoms in total. The van der Waals surface area contributed by atoms with Gasteiger partial charge in [-0.2, -0.15) is 0 Å². The van der Waals surface area contributed by atoms with Crippen LogP contribution in [0, 0.1) is 11.8 Å². The highest BCUT2D eigenvalue weighted by molar-refractivity contribution is 5.80. The molecule has 1 amide bonds. The smallest absolute Gasteiger partial charge is 0.228 e. The highest BCUT2D eigenvalue weighted by atomic mass is 16.5. The van der Waals surface area contributed by atoms with E-state index in [0.29, 0.717) is 5.92 Å². The van der Waals surface area contributed by atoms with Crippen LogP contribution < -0.4 is 0 Å². The van der Waals surface area contributed by atoms with Gasteiger partial charge in [-0.1, -0.05) is 12.2 Å². The highest BCUT2D eigenvalue weighted by Crippen LogP contribution is 2.24. The van der Waals surface area contributed by atoms with Gasteiger partial charge in [0.25, 0.3) is 0 Å². The molecule has 0 saturated heterocycles. The van der Waals surface area contributed by atoms with Crippen LogP contribution in [-0.4, -0.2) is 38.6 Å². The number of carbonyl (C=O) groups is 1. The molecule has 14 heavy (non-hydrogen) atoms. The molecule has 0 bridgehead atoms. The molecule has 1 rings (SSSR count). The summed E-state index contributed by atoms with van der Waals surface area (Å²) in [6.07, 6.45) is 6.07. The maximum absolute atomic E-state index is 11.7. The van der Waals surface area contributed by atoms with Gasteiger partial charge in [-0.25, -0.2) is 0 Å². The zero-order chi connectivity index (χ0) is 10.6. The minimum Gasteiger partial charge on any atom is -0.384 e. The monoisotopic (exact) mass is 197 g/mol. The summed E-state index contributed by atoms with van der Waals surface area (Å²) < 4.78 is 5.11. The van der Waals surface area contributed by atoms with Crippen LogP contribution in [0.25, 0.3) is 0 Å². The average Bonchev–Trinajstić information content (AvgIpc) is 2.17. The number of carbonyl (C=O) groups excluding carboxylic acids is 1. The first-order valence-corrected chi connectivity index (χ1v) is 5.02. The van der Waals surface area contributed by atoms with Crippen LogP contribution in [-0.2, 0) is 9.53 Å². The van der Waals surface area contributed by atoms with Gasteiger partial charge in [0.15, 0.2) is 0 Å². The molecule has 0 aromatic rings. The van der Waals surface area contributed by atoms with Crippen molar-refractivity contribution in [3.8, 4) is 0 Å². The van der Waals surface area contributed by atoms with E-state index < -0.39 is 0 Å². The number of ether oxygens (including phenoxy) is 1. The number of hydrogen-bond acceptors (Lipinski definition) is 2. The first-order chi connectivity index (χ1) is 6.65. The number of methoxy groups -OCH3 is 1. The Kier molecular flexibility index (Phi) is 4.14. The van der Waals surface area contributed by atoms with Crippen molar-refractivity contribution in [3.63, 3.8) is 0 Å². The van der Waals surface area contributed by atoms with Crippen LogP contribution in [0.4, 0.5) is 0 Å². The fourth-order valence-electron chi connectivity index (χ4n) is 1.86. The minimum atomic E-state index is 0.0545. The number of amides is 1. The number of nitrogens with zero attached hydrogens (tertiary/aromatic N) is 1. The predicted molar refractivity (Wildman–Crippen MR) is 55.9 cm³/mol.